The molecular weight excluding hydrogens is 381 g/mol. The normalized spacial score (nSPS) is 13.6. The van der Waals surface area contributed by atoms with Gasteiger partial charge in [0.25, 0.3) is 0 Å². The van der Waals surface area contributed by atoms with Crippen molar-refractivity contribution in [1.29, 1.82) is 0 Å². The van der Waals surface area contributed by atoms with Crippen molar-refractivity contribution >= 4 is 6.64 Å². The Hall–Kier alpha value is -2.25. The summed E-state index contributed by atoms with van der Waals surface area (Å²) >= 11 is -2.68. The fraction of sp³-hybridized carbons (Fsp3) is 0.143. The fourth-order valence-electron chi connectivity index (χ4n) is 5.88. The van der Waals surface area contributed by atoms with Crippen LogP contribution < -0.4 is 6.64 Å². The van der Waals surface area contributed by atoms with Gasteiger partial charge < -0.3 is 0 Å². The molecule has 0 saturated carbocycles. The van der Waals surface area contributed by atoms with Crippen molar-refractivity contribution in [3.63, 3.8) is 0 Å². The molecule has 0 fully saturated rings. The summed E-state index contributed by atoms with van der Waals surface area (Å²) in [5.41, 5.74) is 12.0. The van der Waals surface area contributed by atoms with E-state index in [9.17, 15) is 0 Å². The van der Waals surface area contributed by atoms with Gasteiger partial charge in [-0.25, -0.2) is 0 Å². The quantitative estimate of drug-likeness (QED) is 0.330. The Kier molecular flexibility index (Phi) is 3.87. The van der Waals surface area contributed by atoms with E-state index in [4.69, 9.17) is 0 Å². The maximum atomic E-state index is 2.61. The molecule has 0 aliphatic heterocycles. The van der Waals surface area contributed by atoms with E-state index in [1.807, 2.05) is 0 Å². The Morgan fingerprint density at radius 1 is 0.483 bits per heavy atom. The molecule has 0 N–H and O–H groups in total. The van der Waals surface area contributed by atoms with Gasteiger partial charge in [-0.05, 0) is 0 Å². The average Bonchev–Trinajstić information content (AvgIpc) is 3.31. The second-order valence-electron chi connectivity index (χ2n) is 9.29. The summed E-state index contributed by atoms with van der Waals surface area (Å²) in [5.74, 6) is 0. The van der Waals surface area contributed by atoms with Gasteiger partial charge in [0.05, 0.1) is 0 Å². The van der Waals surface area contributed by atoms with Crippen LogP contribution in [0.1, 0.15) is 22.3 Å². The van der Waals surface area contributed by atoms with E-state index in [0.717, 1.165) is 12.8 Å². The zero-order chi connectivity index (χ0) is 19.6. The van der Waals surface area contributed by atoms with Crippen molar-refractivity contribution in [2.45, 2.75) is 22.2 Å². The van der Waals surface area contributed by atoms with Crippen LogP contribution in [0, 0.1) is 0 Å². The van der Waals surface area contributed by atoms with Gasteiger partial charge in [0, 0.05) is 0 Å². The van der Waals surface area contributed by atoms with E-state index in [0.29, 0.717) is 0 Å². The van der Waals surface area contributed by atoms with Gasteiger partial charge >= 0.3 is 178 Å². The van der Waals surface area contributed by atoms with Crippen LogP contribution in [0.2, 0.25) is 9.36 Å². The first-order valence-electron chi connectivity index (χ1n) is 10.8. The summed E-state index contributed by atoms with van der Waals surface area (Å²) in [7, 11) is 0. The van der Waals surface area contributed by atoms with E-state index in [2.05, 4.69) is 94.3 Å². The molecule has 0 heterocycles. The van der Waals surface area contributed by atoms with Crippen molar-refractivity contribution in [3.8, 4) is 22.3 Å². The number of hydrogen-bond donors (Lipinski definition) is 0. The Morgan fingerprint density at radius 3 is 1.38 bits per heavy atom. The van der Waals surface area contributed by atoms with Crippen molar-refractivity contribution in [2.75, 3.05) is 0 Å². The van der Waals surface area contributed by atoms with Crippen LogP contribution in [0.5, 0.6) is 0 Å². The standard InChI is InChI=1S/2C13H9.2CH3.Sc/c2*1-3-7-12-10(5-1)9-11-6-2-4-8-13(11)12;;;/h2*1-5,7-8H,9H2;2*1H3;. The predicted molar refractivity (Wildman–Crippen MR) is 120 cm³/mol. The summed E-state index contributed by atoms with van der Waals surface area (Å²) in [6.45, 7) is 0. The predicted octanol–water partition coefficient (Wildman–Crippen LogP) is 6.03. The van der Waals surface area contributed by atoms with Gasteiger partial charge in [0.15, 0.2) is 0 Å². The number of rotatable bonds is 2. The van der Waals surface area contributed by atoms with Gasteiger partial charge in [0.2, 0.25) is 0 Å². The molecule has 0 nitrogen and oxygen atoms in total. The van der Waals surface area contributed by atoms with E-state index < -0.39 is 20.0 Å². The Bertz CT molecular complexity index is 1180. The van der Waals surface area contributed by atoms with Gasteiger partial charge in [0.1, 0.15) is 0 Å². The van der Waals surface area contributed by atoms with Crippen LogP contribution >= 0.6 is 0 Å². The molecule has 0 radical (unpaired) electrons. The summed E-state index contributed by atoms with van der Waals surface area (Å²) in [5, 5.41) is 0. The third-order valence-electron chi connectivity index (χ3n) is 7.33. The molecule has 4 aromatic rings. The van der Waals surface area contributed by atoms with Crippen LogP contribution in [0.4, 0.5) is 0 Å². The SMILES string of the molecule is [CH3][Sc]([CH3])([c]1cccc2c1Cc1ccccc1-2)[c]1cccc2c1Cc1ccccc1-2. The van der Waals surface area contributed by atoms with E-state index in [1.54, 1.807) is 17.8 Å². The van der Waals surface area contributed by atoms with Gasteiger partial charge in [-0.3, -0.25) is 0 Å². The summed E-state index contributed by atoms with van der Waals surface area (Å²) in [4.78, 5) is 0. The van der Waals surface area contributed by atoms with E-state index in [-0.39, 0.29) is 0 Å². The number of hydrogen-bond acceptors (Lipinski definition) is 0. The molecule has 4 aromatic carbocycles. The third kappa shape index (κ3) is 2.53. The number of benzene rings is 4. The molecule has 2 aliphatic carbocycles. The second kappa shape index (κ2) is 6.37. The van der Waals surface area contributed by atoms with Crippen LogP contribution in [-0.2, 0) is 32.8 Å². The summed E-state index contributed by atoms with van der Waals surface area (Å²) < 4.78 is 8.56. The van der Waals surface area contributed by atoms with Gasteiger partial charge in [-0.15, -0.1) is 0 Å². The molecule has 0 unspecified atom stereocenters. The molecule has 139 valence electrons. The van der Waals surface area contributed by atoms with Gasteiger partial charge in [-0.1, -0.05) is 0 Å². The molecule has 0 atom stereocenters. The third-order valence-corrected chi connectivity index (χ3v) is 13.9. The molecule has 1 heteroatoms. The number of fused-ring (bicyclic) bond motifs is 6. The molecule has 0 saturated heterocycles. The minimum absolute atomic E-state index is 1.09. The first-order valence-corrected chi connectivity index (χ1v) is 16.2. The molecular formula is C28H24Sc. The zero-order valence-electron chi connectivity index (χ0n) is 17.1. The van der Waals surface area contributed by atoms with Crippen LogP contribution in [0.25, 0.3) is 22.3 Å². The first kappa shape index (κ1) is 17.6. The Labute approximate surface area is 177 Å². The zero-order valence-corrected chi connectivity index (χ0v) is 18.9. The molecule has 2 aliphatic rings. The van der Waals surface area contributed by atoms with E-state index in [1.165, 1.54) is 33.4 Å². The van der Waals surface area contributed by atoms with Crippen molar-refractivity contribution in [2.24, 2.45) is 0 Å². The Balaban J connectivity index is 1.53. The molecule has 6 rings (SSSR count). The fourth-order valence-corrected chi connectivity index (χ4v) is 11.8. The van der Waals surface area contributed by atoms with Crippen LogP contribution in [0.3, 0.4) is 0 Å². The monoisotopic (exact) mass is 405 g/mol. The topological polar surface area (TPSA) is 0 Å². The van der Waals surface area contributed by atoms with Crippen molar-refractivity contribution in [3.05, 3.63) is 107 Å². The molecule has 29 heavy (non-hydrogen) atoms. The molecule has 0 aromatic heterocycles. The summed E-state index contributed by atoms with van der Waals surface area (Å²) in [6, 6.07) is 32.1. The minimum atomic E-state index is -2.68. The van der Waals surface area contributed by atoms with E-state index >= 15 is 0 Å². The molecule has 0 amide bonds. The second-order valence-corrected chi connectivity index (χ2v) is 17.1. The van der Waals surface area contributed by atoms with Gasteiger partial charge in [-0.2, -0.15) is 0 Å². The van der Waals surface area contributed by atoms with Crippen LogP contribution in [-0.4, -0.2) is 0 Å². The average molecular weight is 405 g/mol. The summed E-state index contributed by atoms with van der Waals surface area (Å²) in [6.07, 6.45) is 2.19. The molecule has 0 bridgehead atoms. The van der Waals surface area contributed by atoms with Crippen LogP contribution in [0.15, 0.2) is 84.9 Å². The van der Waals surface area contributed by atoms with Crippen molar-refractivity contribution < 1.29 is 20.0 Å². The Morgan fingerprint density at radius 2 is 0.897 bits per heavy atom. The molecule has 0 spiro atoms. The first-order chi connectivity index (χ1) is 14.1. The maximum absolute atomic E-state index is 2.68. The van der Waals surface area contributed by atoms with Crippen molar-refractivity contribution in [1.82, 2.24) is 0 Å².